The molecule has 3 rings (SSSR count). The number of likely N-dealkylation sites (N-methyl/N-ethyl adjacent to an activating group) is 1. The van der Waals surface area contributed by atoms with Crippen LogP contribution < -0.4 is 10.6 Å². The maximum Gasteiger partial charge on any atom is 0.243 e. The van der Waals surface area contributed by atoms with Crippen molar-refractivity contribution in [3.05, 3.63) is 71.8 Å². The highest BCUT2D eigenvalue weighted by atomic mass is 16.2. The van der Waals surface area contributed by atoms with Crippen molar-refractivity contribution >= 4 is 11.9 Å². The van der Waals surface area contributed by atoms with Crippen LogP contribution >= 0.6 is 0 Å². The van der Waals surface area contributed by atoms with E-state index in [1.165, 1.54) is 11.1 Å². The van der Waals surface area contributed by atoms with E-state index < -0.39 is 0 Å². The molecule has 6 heteroatoms. The predicted octanol–water partition coefficient (Wildman–Crippen LogP) is 3.30. The van der Waals surface area contributed by atoms with E-state index in [-0.39, 0.29) is 18.5 Å². The molecule has 1 heterocycles. The van der Waals surface area contributed by atoms with Crippen LogP contribution in [0.15, 0.2) is 65.7 Å². The second-order valence-electron chi connectivity index (χ2n) is 9.20. The van der Waals surface area contributed by atoms with Gasteiger partial charge in [-0.2, -0.15) is 0 Å². The maximum atomic E-state index is 12.1. The normalized spacial score (nSPS) is 16.3. The summed E-state index contributed by atoms with van der Waals surface area (Å²) in [6.45, 7) is 5.44. The van der Waals surface area contributed by atoms with Gasteiger partial charge in [0, 0.05) is 45.8 Å². The van der Waals surface area contributed by atoms with Gasteiger partial charge in [-0.25, -0.2) is 4.99 Å². The number of aryl methyl sites for hydroxylation is 1. The number of rotatable bonds is 9. The lowest BCUT2D eigenvalue weighted by atomic mass is 10.0. The molecule has 0 aliphatic carbocycles. The highest BCUT2D eigenvalue weighted by molar-refractivity contribution is 5.85. The molecule has 0 aromatic heterocycles. The summed E-state index contributed by atoms with van der Waals surface area (Å²) < 4.78 is 0. The van der Waals surface area contributed by atoms with Crippen LogP contribution in [-0.4, -0.2) is 67.5 Å². The molecule has 1 amide bonds. The molecule has 178 valence electrons. The first-order valence-electron chi connectivity index (χ1n) is 12.1. The minimum absolute atomic E-state index is 0.00530. The van der Waals surface area contributed by atoms with Gasteiger partial charge >= 0.3 is 0 Å². The van der Waals surface area contributed by atoms with Crippen LogP contribution in [0.25, 0.3) is 0 Å². The summed E-state index contributed by atoms with van der Waals surface area (Å²) in [6.07, 6.45) is 4.14. The molecule has 33 heavy (non-hydrogen) atoms. The fraction of sp³-hybridized carbons (Fsp3) is 0.481. The Morgan fingerprint density at radius 3 is 2.24 bits per heavy atom. The number of nitrogens with zero attached hydrogens (tertiary/aromatic N) is 3. The molecule has 1 saturated heterocycles. The number of carbonyl (C=O) groups is 1. The van der Waals surface area contributed by atoms with Gasteiger partial charge in [-0.05, 0) is 43.7 Å². The molecular formula is C27H39N5O. The summed E-state index contributed by atoms with van der Waals surface area (Å²) in [7, 11) is 3.53. The SMILES string of the molecule is CC(CCc1ccccc1)NC(=NCC(=O)N(C)C)NC1CCN(Cc2ccccc2)CC1. The van der Waals surface area contributed by atoms with Gasteiger partial charge in [-0.15, -0.1) is 0 Å². The molecule has 2 N–H and O–H groups in total. The van der Waals surface area contributed by atoms with Gasteiger partial charge in [-0.1, -0.05) is 60.7 Å². The Hall–Kier alpha value is -2.86. The molecule has 6 nitrogen and oxygen atoms in total. The molecule has 1 unspecified atom stereocenters. The number of benzene rings is 2. The number of nitrogens with one attached hydrogen (secondary N) is 2. The van der Waals surface area contributed by atoms with Crippen molar-refractivity contribution in [2.45, 2.75) is 51.2 Å². The zero-order chi connectivity index (χ0) is 23.5. The molecule has 1 atom stereocenters. The van der Waals surface area contributed by atoms with E-state index >= 15 is 0 Å². The Labute approximate surface area is 199 Å². The van der Waals surface area contributed by atoms with E-state index in [1.807, 2.05) is 6.07 Å². The summed E-state index contributed by atoms with van der Waals surface area (Å²) in [4.78, 5) is 20.8. The molecule has 2 aromatic carbocycles. The van der Waals surface area contributed by atoms with E-state index in [2.05, 4.69) is 82.0 Å². The van der Waals surface area contributed by atoms with Gasteiger partial charge < -0.3 is 15.5 Å². The van der Waals surface area contributed by atoms with Gasteiger partial charge in [0.05, 0.1) is 0 Å². The highest BCUT2D eigenvalue weighted by Crippen LogP contribution is 2.14. The van der Waals surface area contributed by atoms with Crippen LogP contribution in [0.4, 0.5) is 0 Å². The van der Waals surface area contributed by atoms with Crippen LogP contribution in [0.2, 0.25) is 0 Å². The number of carbonyl (C=O) groups excluding carboxylic acids is 1. The monoisotopic (exact) mass is 449 g/mol. The van der Waals surface area contributed by atoms with Gasteiger partial charge in [0.1, 0.15) is 6.54 Å². The molecule has 0 radical (unpaired) electrons. The van der Waals surface area contributed by atoms with Gasteiger partial charge in [0.15, 0.2) is 5.96 Å². The lowest BCUT2D eigenvalue weighted by Gasteiger charge is -2.33. The largest absolute Gasteiger partial charge is 0.354 e. The molecular weight excluding hydrogens is 410 g/mol. The smallest absolute Gasteiger partial charge is 0.243 e. The van der Waals surface area contributed by atoms with Gasteiger partial charge in [-0.3, -0.25) is 9.69 Å². The summed E-state index contributed by atoms with van der Waals surface area (Å²) in [5, 5.41) is 7.14. The lowest BCUT2D eigenvalue weighted by molar-refractivity contribution is -0.127. The van der Waals surface area contributed by atoms with Crippen molar-refractivity contribution < 1.29 is 4.79 Å². The zero-order valence-corrected chi connectivity index (χ0v) is 20.3. The molecule has 1 fully saturated rings. The Bertz CT molecular complexity index is 861. The third-order valence-corrected chi connectivity index (χ3v) is 6.14. The number of likely N-dealkylation sites (tertiary alicyclic amines) is 1. The van der Waals surface area contributed by atoms with Crippen molar-refractivity contribution in [1.29, 1.82) is 0 Å². The number of aliphatic imine (C=N–C) groups is 1. The first-order chi connectivity index (χ1) is 16.0. The average Bonchev–Trinajstić information content (AvgIpc) is 2.83. The van der Waals surface area contributed by atoms with Crippen molar-refractivity contribution in [2.75, 3.05) is 33.7 Å². The Morgan fingerprint density at radius 2 is 1.64 bits per heavy atom. The number of hydrogen-bond donors (Lipinski definition) is 2. The van der Waals surface area contributed by atoms with Crippen LogP contribution in [0, 0.1) is 0 Å². The highest BCUT2D eigenvalue weighted by Gasteiger charge is 2.21. The van der Waals surface area contributed by atoms with E-state index in [9.17, 15) is 4.79 Å². The Balaban J connectivity index is 1.51. The third kappa shape index (κ3) is 8.89. The molecule has 1 aliphatic rings. The van der Waals surface area contributed by atoms with Gasteiger partial charge in [0.25, 0.3) is 0 Å². The Kier molecular flexibility index (Phi) is 9.76. The van der Waals surface area contributed by atoms with Crippen molar-refractivity contribution in [1.82, 2.24) is 20.4 Å². The van der Waals surface area contributed by atoms with E-state index in [0.29, 0.717) is 6.04 Å². The maximum absolute atomic E-state index is 12.1. The topological polar surface area (TPSA) is 60.0 Å². The van der Waals surface area contributed by atoms with Crippen LogP contribution in [0.1, 0.15) is 37.3 Å². The van der Waals surface area contributed by atoms with E-state index in [4.69, 9.17) is 0 Å². The first kappa shape index (κ1) is 24.8. The molecule has 1 aliphatic heterocycles. The molecule has 0 saturated carbocycles. The van der Waals surface area contributed by atoms with Crippen molar-refractivity contribution in [2.24, 2.45) is 4.99 Å². The standard InChI is InChI=1S/C27H39N5O/c1-22(14-15-23-10-6-4-7-11-23)29-27(28-20-26(33)31(2)3)30-25-16-18-32(19-17-25)21-24-12-8-5-9-13-24/h4-13,22,25H,14-21H2,1-3H3,(H2,28,29,30). The second kappa shape index (κ2) is 13.0. The van der Waals surface area contributed by atoms with Crippen molar-refractivity contribution in [3.8, 4) is 0 Å². The Morgan fingerprint density at radius 1 is 1.03 bits per heavy atom. The van der Waals surface area contributed by atoms with Gasteiger partial charge in [0.2, 0.25) is 5.91 Å². The minimum Gasteiger partial charge on any atom is -0.354 e. The predicted molar refractivity (Wildman–Crippen MR) is 136 cm³/mol. The summed E-state index contributed by atoms with van der Waals surface area (Å²) >= 11 is 0. The quantitative estimate of drug-likeness (QED) is 0.456. The average molecular weight is 450 g/mol. The number of hydrogen-bond acceptors (Lipinski definition) is 3. The van der Waals surface area contributed by atoms with E-state index in [1.54, 1.807) is 19.0 Å². The summed E-state index contributed by atoms with van der Waals surface area (Å²) in [5.74, 6) is 0.748. The van der Waals surface area contributed by atoms with E-state index in [0.717, 1.165) is 51.3 Å². The minimum atomic E-state index is 0.00530. The fourth-order valence-electron chi connectivity index (χ4n) is 4.02. The first-order valence-corrected chi connectivity index (χ1v) is 12.1. The zero-order valence-electron chi connectivity index (χ0n) is 20.3. The third-order valence-electron chi connectivity index (χ3n) is 6.14. The van der Waals surface area contributed by atoms with Crippen molar-refractivity contribution in [3.63, 3.8) is 0 Å². The fourth-order valence-corrected chi connectivity index (χ4v) is 4.02. The second-order valence-corrected chi connectivity index (χ2v) is 9.20. The summed E-state index contributed by atoms with van der Waals surface area (Å²) in [5.41, 5.74) is 2.70. The van der Waals surface area contributed by atoms with Crippen LogP contribution in [-0.2, 0) is 17.8 Å². The number of guanidine groups is 1. The summed E-state index contributed by atoms with van der Waals surface area (Å²) in [6, 6.07) is 21.8. The number of piperidine rings is 1. The molecule has 0 spiro atoms. The molecule has 0 bridgehead atoms. The van der Waals surface area contributed by atoms with Crippen LogP contribution in [0.3, 0.4) is 0 Å². The number of amides is 1. The molecule has 2 aromatic rings. The van der Waals surface area contributed by atoms with Crippen LogP contribution in [0.5, 0.6) is 0 Å². The lowest BCUT2D eigenvalue weighted by Crippen LogP contribution is -2.50.